The van der Waals surface area contributed by atoms with Gasteiger partial charge in [-0.25, -0.2) is 0 Å². The first kappa shape index (κ1) is 6.96. The maximum atomic E-state index is 6.28. The van der Waals surface area contributed by atoms with Crippen LogP contribution in [0.5, 0.6) is 0 Å². The Balaban J connectivity index is 2.45. The normalized spacial score (nSPS) is 9.43. The number of rotatable bonds is 4. The molecule has 0 N–H and O–H groups in total. The Morgan fingerprint density at radius 1 is 1.43 bits per heavy atom. The molecule has 0 aliphatic rings. The highest BCUT2D eigenvalue weighted by molar-refractivity contribution is 4.33. The van der Waals surface area contributed by atoms with Gasteiger partial charge in [-0.1, -0.05) is 19.8 Å². The molecule has 7 heavy (non-hydrogen) atoms. The van der Waals surface area contributed by atoms with Crippen LogP contribution in [0.1, 0.15) is 26.2 Å². The largest absolute Gasteiger partial charge is 0.365 e. The van der Waals surface area contributed by atoms with Gasteiger partial charge in [-0.15, -0.1) is 0 Å². The highest BCUT2D eigenvalue weighted by Gasteiger charge is 1.80. The van der Waals surface area contributed by atoms with Crippen molar-refractivity contribution in [3.8, 4) is 0 Å². The van der Waals surface area contributed by atoms with Gasteiger partial charge < -0.3 is 4.74 Å². The lowest BCUT2D eigenvalue weighted by molar-refractivity contribution is 0.234. The zero-order valence-electron chi connectivity index (χ0n) is 4.74. The van der Waals surface area contributed by atoms with Crippen molar-refractivity contribution in [3.05, 3.63) is 7.11 Å². The number of ether oxygens (including phenoxy) is 1. The summed E-state index contributed by atoms with van der Waals surface area (Å²) < 4.78 is 4.09. The van der Waals surface area contributed by atoms with E-state index in [0.29, 0.717) is 6.61 Å². The van der Waals surface area contributed by atoms with Crippen molar-refractivity contribution >= 4 is 0 Å². The van der Waals surface area contributed by atoms with Gasteiger partial charge >= 0.3 is 0 Å². The number of unbranched alkanes of at least 4 members (excludes halogenated alkanes) is 2. The predicted octanol–water partition coefficient (Wildman–Crippen LogP) is 1.74. The van der Waals surface area contributed by atoms with E-state index in [9.17, 15) is 0 Å². The molecule has 0 aromatic rings. The Bertz CT molecular complexity index is 23.4. The minimum absolute atomic E-state index is 0.591. The van der Waals surface area contributed by atoms with Gasteiger partial charge in [0.05, 0.1) is 0 Å². The lowest BCUT2D eigenvalue weighted by atomic mass is 10.3. The van der Waals surface area contributed by atoms with Gasteiger partial charge in [0.15, 0.2) is 7.11 Å². The standard InChI is InChI=1S/C6H11O/c1-3-4-5-6-7-2/h3-6H2,1H3. The molecule has 0 aliphatic carbocycles. The molecule has 0 aromatic heterocycles. The van der Waals surface area contributed by atoms with Gasteiger partial charge in [-0.3, -0.25) is 0 Å². The lowest BCUT2D eigenvalue weighted by Crippen LogP contribution is -1.83. The van der Waals surface area contributed by atoms with Gasteiger partial charge in [0, 0.05) is 6.61 Å². The van der Waals surface area contributed by atoms with E-state index >= 15 is 0 Å². The van der Waals surface area contributed by atoms with Crippen molar-refractivity contribution in [1.82, 2.24) is 0 Å². The van der Waals surface area contributed by atoms with Crippen LogP contribution in [0.2, 0.25) is 0 Å². The minimum atomic E-state index is 0.591. The third kappa shape index (κ3) is 5.96. The SMILES string of the molecule is [C]OCCCCC. The molecule has 0 amide bonds. The molecular formula is C6H11O. The van der Waals surface area contributed by atoms with Crippen molar-refractivity contribution < 1.29 is 4.74 Å². The molecule has 0 heterocycles. The zero-order valence-corrected chi connectivity index (χ0v) is 4.74. The number of hydrogen-bond acceptors (Lipinski definition) is 1. The summed E-state index contributed by atoms with van der Waals surface area (Å²) in [5.74, 6) is 0. The fraction of sp³-hybridized carbons (Fsp3) is 0.833. The fourth-order valence-corrected chi connectivity index (χ4v) is 0.424. The van der Waals surface area contributed by atoms with Crippen molar-refractivity contribution in [2.45, 2.75) is 26.2 Å². The average molecular weight is 99.2 g/mol. The van der Waals surface area contributed by atoms with Gasteiger partial charge in [-0.05, 0) is 6.42 Å². The molecule has 0 spiro atoms. The monoisotopic (exact) mass is 99.1 g/mol. The minimum Gasteiger partial charge on any atom is -0.365 e. The smallest absolute Gasteiger partial charge is 0.173 e. The van der Waals surface area contributed by atoms with Crippen LogP contribution in [-0.2, 0) is 4.74 Å². The topological polar surface area (TPSA) is 9.23 Å². The van der Waals surface area contributed by atoms with Gasteiger partial charge in [0.1, 0.15) is 0 Å². The van der Waals surface area contributed by atoms with E-state index in [4.69, 9.17) is 7.11 Å². The fourth-order valence-electron chi connectivity index (χ4n) is 0.424. The summed E-state index contributed by atoms with van der Waals surface area (Å²) in [6.45, 7) is 2.72. The Hall–Kier alpha value is -0.0400. The van der Waals surface area contributed by atoms with Crippen LogP contribution in [0, 0.1) is 7.11 Å². The van der Waals surface area contributed by atoms with E-state index in [1.165, 1.54) is 12.8 Å². The molecule has 0 saturated carbocycles. The van der Waals surface area contributed by atoms with Crippen LogP contribution in [0.15, 0.2) is 0 Å². The Morgan fingerprint density at radius 2 is 2.14 bits per heavy atom. The second-order valence-corrected chi connectivity index (χ2v) is 1.56. The summed E-state index contributed by atoms with van der Waals surface area (Å²) >= 11 is 0. The quantitative estimate of drug-likeness (QED) is 0.488. The van der Waals surface area contributed by atoms with Crippen LogP contribution in [0.25, 0.3) is 0 Å². The molecule has 1 heteroatoms. The van der Waals surface area contributed by atoms with E-state index < -0.39 is 0 Å². The highest BCUT2D eigenvalue weighted by atomic mass is 16.5. The first-order chi connectivity index (χ1) is 3.41. The van der Waals surface area contributed by atoms with Crippen LogP contribution in [-0.4, -0.2) is 6.61 Å². The van der Waals surface area contributed by atoms with Crippen molar-refractivity contribution in [2.24, 2.45) is 0 Å². The van der Waals surface area contributed by atoms with Gasteiger partial charge in [0.25, 0.3) is 0 Å². The van der Waals surface area contributed by atoms with Crippen molar-refractivity contribution in [3.63, 3.8) is 0 Å². The third-order valence-corrected chi connectivity index (χ3v) is 0.850. The summed E-state index contributed by atoms with van der Waals surface area (Å²) in [6.07, 6.45) is 3.40. The molecule has 0 unspecified atom stereocenters. The second kappa shape index (κ2) is 5.96. The molecule has 0 bridgehead atoms. The molecule has 0 saturated heterocycles. The molecule has 0 fully saturated rings. The van der Waals surface area contributed by atoms with Gasteiger partial charge in [0.2, 0.25) is 0 Å². The van der Waals surface area contributed by atoms with Crippen LogP contribution in [0.4, 0.5) is 0 Å². The highest BCUT2D eigenvalue weighted by Crippen LogP contribution is 1.92. The maximum absolute atomic E-state index is 6.28. The average Bonchev–Trinajstić information content (AvgIpc) is 1.69. The summed E-state index contributed by atoms with van der Waals surface area (Å²) in [4.78, 5) is 0. The van der Waals surface area contributed by atoms with Crippen molar-refractivity contribution in [2.75, 3.05) is 6.61 Å². The number of hydrogen-bond donors (Lipinski definition) is 0. The molecule has 1 nitrogen and oxygen atoms in total. The molecule has 0 aliphatic heterocycles. The van der Waals surface area contributed by atoms with Crippen molar-refractivity contribution in [1.29, 1.82) is 0 Å². The molecular weight excluding hydrogens is 88.1 g/mol. The molecule has 0 aromatic carbocycles. The van der Waals surface area contributed by atoms with E-state index in [1.807, 2.05) is 0 Å². The Morgan fingerprint density at radius 3 is 2.57 bits per heavy atom. The molecule has 41 valence electrons. The van der Waals surface area contributed by atoms with E-state index in [-0.39, 0.29) is 0 Å². The van der Waals surface area contributed by atoms with E-state index in [1.54, 1.807) is 0 Å². The summed E-state index contributed by atoms with van der Waals surface area (Å²) in [6, 6.07) is 0. The Kier molecular flexibility index (Phi) is 5.93. The predicted molar refractivity (Wildman–Crippen MR) is 28.7 cm³/mol. The van der Waals surface area contributed by atoms with E-state index in [0.717, 1.165) is 6.42 Å². The first-order valence-corrected chi connectivity index (χ1v) is 2.70. The summed E-state index contributed by atoms with van der Waals surface area (Å²) in [5.41, 5.74) is 0. The molecule has 3 radical (unpaired) electrons. The lowest BCUT2D eigenvalue weighted by Gasteiger charge is -1.91. The third-order valence-electron chi connectivity index (χ3n) is 0.850. The maximum Gasteiger partial charge on any atom is 0.173 e. The van der Waals surface area contributed by atoms with Gasteiger partial charge in [-0.2, -0.15) is 0 Å². The second-order valence-electron chi connectivity index (χ2n) is 1.56. The summed E-state index contributed by atoms with van der Waals surface area (Å²) in [7, 11) is 6.28. The van der Waals surface area contributed by atoms with Crippen LogP contribution < -0.4 is 0 Å². The van der Waals surface area contributed by atoms with Crippen LogP contribution in [0.3, 0.4) is 0 Å². The zero-order chi connectivity index (χ0) is 5.54. The molecule has 0 atom stereocenters. The van der Waals surface area contributed by atoms with E-state index in [2.05, 4.69) is 11.7 Å². The molecule has 0 rings (SSSR count). The Labute approximate surface area is 45.7 Å². The first-order valence-electron chi connectivity index (χ1n) is 2.70. The van der Waals surface area contributed by atoms with Crippen LogP contribution >= 0.6 is 0 Å². The summed E-state index contributed by atoms with van der Waals surface area (Å²) in [5, 5.41) is 0.